The topological polar surface area (TPSA) is 79.8 Å². The van der Waals surface area contributed by atoms with E-state index in [1.54, 1.807) is 44.6 Å². The van der Waals surface area contributed by atoms with Crippen molar-refractivity contribution in [2.24, 2.45) is 0 Å². The van der Waals surface area contributed by atoms with Crippen LogP contribution >= 0.6 is 0 Å². The van der Waals surface area contributed by atoms with Gasteiger partial charge in [0.2, 0.25) is 0 Å². The number of hydrogen-bond acceptors (Lipinski definition) is 5. The molecule has 3 N–H and O–H groups in total. The zero-order chi connectivity index (χ0) is 18.2. The zero-order valence-electron chi connectivity index (χ0n) is 14.7. The lowest BCUT2D eigenvalue weighted by Gasteiger charge is -2.16. The summed E-state index contributed by atoms with van der Waals surface area (Å²) in [5, 5.41) is 15.9. The third-order valence-electron chi connectivity index (χ3n) is 3.75. The molecular weight excluding hydrogens is 320 g/mol. The van der Waals surface area contributed by atoms with Crippen molar-refractivity contribution in [2.75, 3.05) is 20.8 Å². The highest BCUT2D eigenvalue weighted by molar-refractivity contribution is 5.95. The number of ether oxygens (including phenoxy) is 2. The number of hydrogen-bond donors (Lipinski definition) is 3. The monoisotopic (exact) mass is 344 g/mol. The molecule has 2 rings (SSSR count). The van der Waals surface area contributed by atoms with E-state index in [1.165, 1.54) is 0 Å². The Bertz CT molecular complexity index is 696. The van der Waals surface area contributed by atoms with Crippen molar-refractivity contribution in [1.29, 1.82) is 0 Å². The molecule has 1 unspecified atom stereocenters. The van der Waals surface area contributed by atoms with E-state index in [0.717, 1.165) is 5.56 Å². The van der Waals surface area contributed by atoms with Crippen molar-refractivity contribution in [1.82, 2.24) is 10.6 Å². The number of amides is 1. The highest BCUT2D eigenvalue weighted by Gasteiger charge is 2.12. The molecule has 25 heavy (non-hydrogen) atoms. The molecule has 0 saturated heterocycles. The number of phenols is 1. The van der Waals surface area contributed by atoms with Gasteiger partial charge in [0.05, 0.1) is 14.2 Å². The van der Waals surface area contributed by atoms with Crippen LogP contribution in [0.2, 0.25) is 0 Å². The summed E-state index contributed by atoms with van der Waals surface area (Å²) in [4.78, 5) is 12.4. The third-order valence-corrected chi connectivity index (χ3v) is 3.75. The van der Waals surface area contributed by atoms with Crippen LogP contribution in [0.25, 0.3) is 0 Å². The minimum atomic E-state index is -0.200. The van der Waals surface area contributed by atoms with E-state index in [-0.39, 0.29) is 17.7 Å². The van der Waals surface area contributed by atoms with Crippen molar-refractivity contribution < 1.29 is 19.4 Å². The molecule has 6 nitrogen and oxygen atoms in total. The number of phenolic OH excluding ortho intramolecular Hbond substituents is 1. The highest BCUT2D eigenvalue weighted by Crippen LogP contribution is 2.22. The molecule has 0 heterocycles. The fourth-order valence-corrected chi connectivity index (χ4v) is 2.38. The fourth-order valence-electron chi connectivity index (χ4n) is 2.38. The smallest absolute Gasteiger partial charge is 0.251 e. The third kappa shape index (κ3) is 5.39. The molecule has 0 aliphatic heterocycles. The van der Waals surface area contributed by atoms with E-state index in [0.29, 0.717) is 30.2 Å². The number of aromatic hydroxyl groups is 1. The Balaban J connectivity index is 1.88. The molecule has 0 aliphatic carbocycles. The minimum Gasteiger partial charge on any atom is -0.508 e. The second-order valence-electron chi connectivity index (χ2n) is 5.74. The van der Waals surface area contributed by atoms with E-state index in [4.69, 9.17) is 9.47 Å². The Labute approximate surface area is 147 Å². The van der Waals surface area contributed by atoms with Gasteiger partial charge in [-0.05, 0) is 25.1 Å². The van der Waals surface area contributed by atoms with E-state index in [1.807, 2.05) is 19.1 Å². The fraction of sp³-hybridized carbons (Fsp3) is 0.316. The van der Waals surface area contributed by atoms with E-state index >= 15 is 0 Å². The summed E-state index contributed by atoms with van der Waals surface area (Å²) >= 11 is 0. The largest absolute Gasteiger partial charge is 0.508 e. The van der Waals surface area contributed by atoms with Gasteiger partial charge < -0.3 is 25.2 Å². The van der Waals surface area contributed by atoms with Crippen LogP contribution in [-0.2, 0) is 6.54 Å². The molecule has 0 spiro atoms. The predicted octanol–water partition coefficient (Wildman–Crippen LogP) is 2.32. The number of rotatable bonds is 8. The highest BCUT2D eigenvalue weighted by atomic mass is 16.5. The van der Waals surface area contributed by atoms with Crippen LogP contribution in [0.1, 0.15) is 22.8 Å². The van der Waals surface area contributed by atoms with Crippen LogP contribution in [0.3, 0.4) is 0 Å². The lowest BCUT2D eigenvalue weighted by atomic mass is 10.1. The van der Waals surface area contributed by atoms with Gasteiger partial charge in [-0.25, -0.2) is 0 Å². The van der Waals surface area contributed by atoms with Crippen LogP contribution in [-0.4, -0.2) is 37.8 Å². The molecule has 0 radical (unpaired) electrons. The summed E-state index contributed by atoms with van der Waals surface area (Å²) in [5.74, 6) is 1.19. The summed E-state index contributed by atoms with van der Waals surface area (Å²) in [5.41, 5.74) is 1.29. The SMILES string of the molecule is COc1cc(OC)cc(C(=O)NC(C)CNCc2ccccc2O)c1. The molecule has 0 bridgehead atoms. The van der Waals surface area contributed by atoms with Gasteiger partial charge in [-0.1, -0.05) is 18.2 Å². The average Bonchev–Trinajstić information content (AvgIpc) is 2.62. The Kier molecular flexibility index (Phi) is 6.65. The molecular formula is C19H24N2O4. The van der Waals surface area contributed by atoms with E-state index in [9.17, 15) is 9.90 Å². The first-order valence-corrected chi connectivity index (χ1v) is 8.05. The second kappa shape index (κ2) is 8.94. The summed E-state index contributed by atoms with van der Waals surface area (Å²) in [6.45, 7) is 3.01. The van der Waals surface area contributed by atoms with Crippen LogP contribution in [0.4, 0.5) is 0 Å². The Morgan fingerprint density at radius 1 is 1.12 bits per heavy atom. The Hall–Kier alpha value is -2.73. The Morgan fingerprint density at radius 2 is 1.76 bits per heavy atom. The van der Waals surface area contributed by atoms with Gasteiger partial charge in [-0.15, -0.1) is 0 Å². The van der Waals surface area contributed by atoms with Gasteiger partial charge in [0, 0.05) is 36.3 Å². The Morgan fingerprint density at radius 3 is 2.36 bits per heavy atom. The molecule has 0 aromatic heterocycles. The van der Waals surface area contributed by atoms with Gasteiger partial charge >= 0.3 is 0 Å². The average molecular weight is 344 g/mol. The molecule has 1 amide bonds. The molecule has 1 atom stereocenters. The van der Waals surface area contributed by atoms with Crippen molar-refractivity contribution in [3.05, 3.63) is 53.6 Å². The first kappa shape index (κ1) is 18.6. The van der Waals surface area contributed by atoms with Crippen molar-refractivity contribution in [3.8, 4) is 17.2 Å². The molecule has 134 valence electrons. The summed E-state index contributed by atoms with van der Waals surface area (Å²) in [6, 6.07) is 12.1. The van der Waals surface area contributed by atoms with Gasteiger partial charge in [-0.3, -0.25) is 4.79 Å². The van der Waals surface area contributed by atoms with E-state index in [2.05, 4.69) is 10.6 Å². The summed E-state index contributed by atoms with van der Waals surface area (Å²) in [7, 11) is 3.09. The number of carbonyl (C=O) groups excluding carboxylic acids is 1. The van der Waals surface area contributed by atoms with Gasteiger partial charge in [0.25, 0.3) is 5.91 Å². The van der Waals surface area contributed by atoms with Crippen molar-refractivity contribution in [2.45, 2.75) is 19.5 Å². The van der Waals surface area contributed by atoms with Gasteiger partial charge in [0.1, 0.15) is 17.2 Å². The molecule has 0 saturated carbocycles. The lowest BCUT2D eigenvalue weighted by Crippen LogP contribution is -2.39. The van der Waals surface area contributed by atoms with Crippen molar-refractivity contribution in [3.63, 3.8) is 0 Å². The summed E-state index contributed by atoms with van der Waals surface area (Å²) < 4.78 is 10.4. The number of para-hydroxylation sites is 1. The zero-order valence-corrected chi connectivity index (χ0v) is 14.7. The number of benzene rings is 2. The van der Waals surface area contributed by atoms with Crippen LogP contribution in [0.5, 0.6) is 17.2 Å². The second-order valence-corrected chi connectivity index (χ2v) is 5.74. The van der Waals surface area contributed by atoms with Crippen LogP contribution < -0.4 is 20.1 Å². The summed E-state index contributed by atoms with van der Waals surface area (Å²) in [6.07, 6.45) is 0. The first-order chi connectivity index (χ1) is 12.0. The molecule has 0 aliphatic rings. The molecule has 0 fully saturated rings. The normalized spacial score (nSPS) is 11.6. The molecule has 2 aromatic rings. The number of methoxy groups -OCH3 is 2. The van der Waals surface area contributed by atoms with Gasteiger partial charge in [-0.2, -0.15) is 0 Å². The molecule has 6 heteroatoms. The van der Waals surface area contributed by atoms with E-state index < -0.39 is 0 Å². The maximum atomic E-state index is 12.4. The van der Waals surface area contributed by atoms with Gasteiger partial charge in [0.15, 0.2) is 0 Å². The quantitative estimate of drug-likeness (QED) is 0.685. The van der Waals surface area contributed by atoms with Crippen LogP contribution in [0, 0.1) is 0 Å². The number of carbonyl (C=O) groups is 1. The van der Waals surface area contributed by atoms with Crippen molar-refractivity contribution >= 4 is 5.91 Å². The lowest BCUT2D eigenvalue weighted by molar-refractivity contribution is 0.0939. The first-order valence-electron chi connectivity index (χ1n) is 8.05. The predicted molar refractivity (Wildman–Crippen MR) is 96.3 cm³/mol. The minimum absolute atomic E-state index is 0.0875. The molecule has 2 aromatic carbocycles. The van der Waals surface area contributed by atoms with Crippen LogP contribution in [0.15, 0.2) is 42.5 Å². The standard InChI is InChI=1S/C19H24N2O4/c1-13(11-20-12-14-6-4-5-7-18(14)22)21-19(23)15-8-16(24-2)10-17(9-15)25-3/h4-10,13,20,22H,11-12H2,1-3H3,(H,21,23). The number of nitrogens with one attached hydrogen (secondary N) is 2. The maximum Gasteiger partial charge on any atom is 0.251 e. The maximum absolute atomic E-state index is 12.4.